The molecule has 0 unspecified atom stereocenters. The predicted molar refractivity (Wildman–Crippen MR) is 256 cm³/mol. The van der Waals surface area contributed by atoms with E-state index in [4.69, 9.17) is 58.1 Å². The molecule has 1 heterocycles. The summed E-state index contributed by atoms with van der Waals surface area (Å²) in [7, 11) is -11.9. The maximum absolute atomic E-state index is 14.6. The van der Waals surface area contributed by atoms with E-state index in [9.17, 15) is 9.59 Å². The second kappa shape index (κ2) is 34.7. The van der Waals surface area contributed by atoms with Crippen LogP contribution >= 0.6 is 0 Å². The van der Waals surface area contributed by atoms with Crippen molar-refractivity contribution in [1.82, 2.24) is 14.8 Å². The molecule has 0 saturated carbocycles. The normalized spacial score (nSPS) is 12.6. The quantitative estimate of drug-likeness (QED) is 0.0585. The van der Waals surface area contributed by atoms with E-state index in [2.05, 4.69) is 0 Å². The third kappa shape index (κ3) is 21.2. The van der Waals surface area contributed by atoms with Crippen molar-refractivity contribution in [2.24, 2.45) is 0 Å². The highest BCUT2D eigenvalue weighted by molar-refractivity contribution is 6.61. The molecule has 0 aliphatic heterocycles. The van der Waals surface area contributed by atoms with Gasteiger partial charge in [-0.15, -0.1) is 0 Å². The molecule has 0 fully saturated rings. The number of rotatable bonds is 42. The summed E-state index contributed by atoms with van der Waals surface area (Å²) in [6.45, 7) is 30.1. The lowest BCUT2D eigenvalue weighted by Crippen LogP contribution is -2.47. The van der Waals surface area contributed by atoms with Crippen LogP contribution in [0.1, 0.15) is 130 Å². The summed E-state index contributed by atoms with van der Waals surface area (Å²) in [6, 6.07) is 7.16. The van der Waals surface area contributed by atoms with Gasteiger partial charge >= 0.3 is 35.2 Å². The molecule has 0 aromatic carbocycles. The van der Waals surface area contributed by atoms with E-state index < -0.39 is 35.2 Å². The molecule has 21 heteroatoms. The highest BCUT2D eigenvalue weighted by Crippen LogP contribution is 2.24. The number of carbonyl (C=O) groups excluding carboxylic acids is 2. The smallest absolute Gasteiger partial charge is 0.374 e. The van der Waals surface area contributed by atoms with E-state index in [1.54, 1.807) is 28.0 Å². The maximum Gasteiger partial charge on any atom is 0.500 e. The molecule has 0 aliphatic rings. The van der Waals surface area contributed by atoms with Crippen LogP contribution in [0.2, 0.25) is 24.2 Å². The maximum atomic E-state index is 14.6. The molecule has 1 aromatic rings. The third-order valence-electron chi connectivity index (χ3n) is 9.78. The Kier molecular flexibility index (Phi) is 32.8. The minimum Gasteiger partial charge on any atom is -0.374 e. The summed E-state index contributed by atoms with van der Waals surface area (Å²) in [6.07, 6.45) is 2.28. The Morgan fingerprint density at radius 2 is 0.562 bits per heavy atom. The Balaban J connectivity index is 3.61. The van der Waals surface area contributed by atoms with E-state index in [1.807, 2.05) is 83.1 Å². The highest BCUT2D eigenvalue weighted by Gasteiger charge is 2.43. The zero-order chi connectivity index (χ0) is 47.7. The van der Waals surface area contributed by atoms with Gasteiger partial charge in [-0.3, -0.25) is 9.59 Å². The average Bonchev–Trinajstić information content (AvgIpc) is 3.26. The third-order valence-corrected chi connectivity index (χ3v) is 22.4. The van der Waals surface area contributed by atoms with Gasteiger partial charge in [-0.2, -0.15) is 0 Å². The summed E-state index contributed by atoms with van der Waals surface area (Å²) >= 11 is 0. The van der Waals surface area contributed by atoms with Gasteiger partial charge < -0.3 is 62.9 Å². The standard InChI is InChI=1S/C43H87N3O14Si4/c1-13-49-61(50-14-2,51-15-3)36-26-32-45(33-27-37-62(52-16-4,53-17-5)54-18-6)42(47)40-30-25-31-41(44-40)43(48)46(34-28-38-63(55-19-7,56-20-8)57-21-9)35-29-39-64(58-22-10,59-23-11)60-24-12/h25,30-31H,13-24,26-29,32-39H2,1-12H3. The van der Waals surface area contributed by atoms with Gasteiger partial charge in [0.15, 0.2) is 0 Å². The largest absolute Gasteiger partial charge is 0.500 e. The zero-order valence-electron chi connectivity index (χ0n) is 41.8. The fourth-order valence-corrected chi connectivity index (χ4v) is 18.0. The molecule has 0 N–H and O–H groups in total. The Hall–Kier alpha value is -1.52. The average molecular weight is 983 g/mol. The summed E-state index contributed by atoms with van der Waals surface area (Å²) in [5.74, 6) is -0.591. The summed E-state index contributed by atoms with van der Waals surface area (Å²) in [5, 5.41) is 0. The minimum atomic E-state index is -2.98. The molecule has 0 bridgehead atoms. The van der Waals surface area contributed by atoms with E-state index in [0.29, 0.717) is 155 Å². The van der Waals surface area contributed by atoms with Gasteiger partial charge in [-0.1, -0.05) is 6.07 Å². The van der Waals surface area contributed by atoms with Crippen molar-refractivity contribution in [1.29, 1.82) is 0 Å². The Morgan fingerprint density at radius 1 is 0.375 bits per heavy atom. The van der Waals surface area contributed by atoms with Crippen LogP contribution in [0.3, 0.4) is 0 Å². The first kappa shape index (κ1) is 60.5. The number of aromatic nitrogens is 1. The topological polar surface area (TPSA) is 164 Å². The number of amides is 2. The predicted octanol–water partition coefficient (Wildman–Crippen LogP) is 7.72. The van der Waals surface area contributed by atoms with Crippen molar-refractivity contribution < 1.29 is 62.7 Å². The van der Waals surface area contributed by atoms with Crippen molar-refractivity contribution in [2.75, 3.05) is 105 Å². The first-order valence-corrected chi connectivity index (χ1v) is 31.9. The van der Waals surface area contributed by atoms with Crippen LogP contribution in [-0.4, -0.2) is 167 Å². The second-order valence-corrected chi connectivity index (χ2v) is 25.3. The van der Waals surface area contributed by atoms with Crippen LogP contribution in [0.25, 0.3) is 0 Å². The van der Waals surface area contributed by atoms with Crippen LogP contribution in [-0.2, 0) is 53.1 Å². The fourth-order valence-electron chi connectivity index (χ4n) is 7.58. The van der Waals surface area contributed by atoms with Crippen molar-refractivity contribution in [3.8, 4) is 0 Å². The Bertz CT molecular complexity index is 1150. The lowest BCUT2D eigenvalue weighted by molar-refractivity contribution is 0.0634. The van der Waals surface area contributed by atoms with Gasteiger partial charge in [0.05, 0.1) is 0 Å². The number of nitrogens with zero attached hydrogens (tertiary/aromatic N) is 3. The molecule has 1 aromatic heterocycles. The monoisotopic (exact) mass is 982 g/mol. The molecule has 0 saturated heterocycles. The molecule has 374 valence electrons. The van der Waals surface area contributed by atoms with Gasteiger partial charge in [0.25, 0.3) is 11.8 Å². The van der Waals surface area contributed by atoms with Crippen molar-refractivity contribution in [2.45, 2.75) is 133 Å². The summed E-state index contributed by atoms with van der Waals surface area (Å²) in [5.41, 5.74) is 0.338. The summed E-state index contributed by atoms with van der Waals surface area (Å²) in [4.78, 5) is 37.5. The molecule has 0 spiro atoms. The molecular formula is C43H87N3O14Si4. The SMILES string of the molecule is CCO[Si](CCCN(CCC[Si](OCC)(OCC)OCC)C(=O)c1cccc(C(=O)N(CCC[Si](OCC)(OCC)OCC)CCC[Si](OCC)(OCC)OCC)n1)(OCC)OCC. The van der Waals surface area contributed by atoms with Crippen molar-refractivity contribution in [3.63, 3.8) is 0 Å². The zero-order valence-corrected chi connectivity index (χ0v) is 45.8. The molecule has 17 nitrogen and oxygen atoms in total. The molecule has 1 rings (SSSR count). The van der Waals surface area contributed by atoms with Crippen molar-refractivity contribution >= 4 is 47.0 Å². The van der Waals surface area contributed by atoms with Gasteiger partial charge in [-0.25, -0.2) is 4.98 Å². The van der Waals surface area contributed by atoms with Crippen molar-refractivity contribution in [3.05, 3.63) is 29.6 Å². The molecule has 0 radical (unpaired) electrons. The van der Waals surface area contributed by atoms with Crippen LogP contribution in [0, 0.1) is 0 Å². The minimum absolute atomic E-state index is 0.169. The molecule has 64 heavy (non-hydrogen) atoms. The van der Waals surface area contributed by atoms with E-state index >= 15 is 0 Å². The first-order chi connectivity index (χ1) is 30.9. The van der Waals surface area contributed by atoms with Crippen LogP contribution in [0.4, 0.5) is 0 Å². The van der Waals surface area contributed by atoms with E-state index in [1.165, 1.54) is 0 Å². The second-order valence-electron chi connectivity index (χ2n) is 14.3. The summed E-state index contributed by atoms with van der Waals surface area (Å²) < 4.78 is 73.5. The molecular weight excluding hydrogens is 895 g/mol. The van der Waals surface area contributed by atoms with Crippen LogP contribution in [0.5, 0.6) is 0 Å². The first-order valence-electron chi connectivity index (χ1n) is 24.1. The van der Waals surface area contributed by atoms with Crippen LogP contribution in [0.15, 0.2) is 18.2 Å². The number of hydrogen-bond donors (Lipinski definition) is 0. The van der Waals surface area contributed by atoms with Gasteiger partial charge in [0.2, 0.25) is 0 Å². The van der Waals surface area contributed by atoms with Gasteiger partial charge in [0.1, 0.15) is 11.4 Å². The van der Waals surface area contributed by atoms with Crippen LogP contribution < -0.4 is 0 Å². The number of carbonyl (C=O) groups is 2. The van der Waals surface area contributed by atoms with Gasteiger partial charge in [0, 0.05) is 130 Å². The Labute approximate surface area is 391 Å². The Morgan fingerprint density at radius 3 is 0.734 bits per heavy atom. The number of pyridine rings is 1. The molecule has 0 aliphatic carbocycles. The lowest BCUT2D eigenvalue weighted by atomic mass is 10.2. The molecule has 2 amide bonds. The van der Waals surface area contributed by atoms with E-state index in [0.717, 1.165) is 0 Å². The van der Waals surface area contributed by atoms with Gasteiger partial charge in [-0.05, 0) is 121 Å². The number of hydrogen-bond acceptors (Lipinski definition) is 15. The highest BCUT2D eigenvalue weighted by atomic mass is 28.4. The lowest BCUT2D eigenvalue weighted by Gasteiger charge is -2.31. The fraction of sp³-hybridized carbons (Fsp3) is 0.837. The molecule has 0 atom stereocenters. The van der Waals surface area contributed by atoms with E-state index in [-0.39, 0.29) is 23.2 Å².